The van der Waals surface area contributed by atoms with Gasteiger partial charge >= 0.3 is 5.97 Å². The fourth-order valence-corrected chi connectivity index (χ4v) is 3.33. The molecule has 0 spiro atoms. The molecule has 1 aromatic rings. The van der Waals surface area contributed by atoms with Gasteiger partial charge in [-0.05, 0) is 69.0 Å². The standard InChI is InChI=1S/C21H30ClNO4/c1-5-13-25-19-8-6-7-18(23-22)21(24)26-15(4)20(19)27-17-11-9-16(10-12-17)14(2)3/h9-12,15,18-20,23H,2,5-8,13H2,1,3-4H3/t15-,18-,19-,20-/m0/s1. The highest BCUT2D eigenvalue weighted by atomic mass is 35.5. The SMILES string of the molecule is C=C(C)c1ccc(O[C@H]2[C@H](C)OC(=O)[C@@H](NCl)CCC[C@@H]2OCCC)cc1. The van der Waals surface area contributed by atoms with Crippen molar-refractivity contribution in [2.24, 2.45) is 0 Å². The third-order valence-electron chi connectivity index (χ3n) is 4.68. The van der Waals surface area contributed by atoms with Crippen molar-refractivity contribution in [2.75, 3.05) is 6.61 Å². The summed E-state index contributed by atoms with van der Waals surface area (Å²) in [6, 6.07) is 7.24. The molecular formula is C21H30ClNO4. The highest BCUT2D eigenvalue weighted by Gasteiger charge is 2.35. The Bertz CT molecular complexity index is 619. The number of rotatable bonds is 7. The maximum absolute atomic E-state index is 12.3. The van der Waals surface area contributed by atoms with Crippen molar-refractivity contribution in [1.82, 2.24) is 4.84 Å². The van der Waals surface area contributed by atoms with E-state index in [0.717, 1.165) is 30.4 Å². The van der Waals surface area contributed by atoms with Crippen molar-refractivity contribution < 1.29 is 19.0 Å². The van der Waals surface area contributed by atoms with Crippen molar-refractivity contribution in [3.63, 3.8) is 0 Å². The Morgan fingerprint density at radius 1 is 1.33 bits per heavy atom. The Kier molecular flexibility index (Phi) is 8.61. The van der Waals surface area contributed by atoms with Gasteiger partial charge in [-0.25, -0.2) is 4.84 Å². The van der Waals surface area contributed by atoms with E-state index in [9.17, 15) is 4.79 Å². The van der Waals surface area contributed by atoms with Gasteiger partial charge in [0.15, 0.2) is 6.10 Å². The normalized spacial score (nSPS) is 26.4. The van der Waals surface area contributed by atoms with Crippen molar-refractivity contribution in [3.8, 4) is 5.75 Å². The van der Waals surface area contributed by atoms with Crippen LogP contribution in [0, 0.1) is 0 Å². The number of allylic oxidation sites excluding steroid dienone is 1. The minimum atomic E-state index is -0.519. The van der Waals surface area contributed by atoms with E-state index in [2.05, 4.69) is 18.3 Å². The lowest BCUT2D eigenvalue weighted by Crippen LogP contribution is -2.45. The average Bonchev–Trinajstić information content (AvgIpc) is 2.70. The van der Waals surface area contributed by atoms with Crippen LogP contribution in [0.2, 0.25) is 0 Å². The largest absolute Gasteiger partial charge is 0.484 e. The molecule has 1 heterocycles. The molecule has 0 unspecified atom stereocenters. The Balaban J connectivity index is 2.21. The molecule has 1 N–H and O–H groups in total. The third-order valence-corrected chi connectivity index (χ3v) is 4.95. The summed E-state index contributed by atoms with van der Waals surface area (Å²) >= 11 is 5.71. The number of halogens is 1. The number of nitrogens with one attached hydrogen (secondary N) is 1. The van der Waals surface area contributed by atoms with E-state index in [-0.39, 0.29) is 12.1 Å². The molecule has 4 atom stereocenters. The smallest absolute Gasteiger partial charge is 0.324 e. The zero-order chi connectivity index (χ0) is 19.8. The maximum Gasteiger partial charge on any atom is 0.324 e. The van der Waals surface area contributed by atoms with Gasteiger partial charge < -0.3 is 14.2 Å². The minimum absolute atomic E-state index is 0.164. The first-order chi connectivity index (χ1) is 13.0. The van der Waals surface area contributed by atoms with Crippen LogP contribution in [-0.2, 0) is 14.3 Å². The lowest BCUT2D eigenvalue weighted by atomic mass is 10.0. The Morgan fingerprint density at radius 2 is 2.04 bits per heavy atom. The average molecular weight is 396 g/mol. The summed E-state index contributed by atoms with van der Waals surface area (Å²) in [6.45, 7) is 10.5. The molecule has 6 heteroatoms. The third kappa shape index (κ3) is 6.23. The molecule has 2 rings (SSSR count). The maximum atomic E-state index is 12.3. The Labute approximate surface area is 167 Å². The molecule has 1 aliphatic heterocycles. The molecule has 1 aromatic carbocycles. The van der Waals surface area contributed by atoms with Gasteiger partial charge in [-0.2, -0.15) is 0 Å². The van der Waals surface area contributed by atoms with Gasteiger partial charge in [0, 0.05) is 6.61 Å². The Morgan fingerprint density at radius 3 is 2.63 bits per heavy atom. The van der Waals surface area contributed by atoms with Crippen LogP contribution in [0.1, 0.15) is 52.0 Å². The van der Waals surface area contributed by atoms with Crippen LogP contribution in [0.15, 0.2) is 30.8 Å². The summed E-state index contributed by atoms with van der Waals surface area (Å²) in [6.07, 6.45) is 2.04. The second-order valence-electron chi connectivity index (χ2n) is 7.03. The number of carbonyl (C=O) groups is 1. The summed E-state index contributed by atoms with van der Waals surface area (Å²) in [4.78, 5) is 14.8. The van der Waals surface area contributed by atoms with E-state index >= 15 is 0 Å². The molecule has 0 bridgehead atoms. The molecule has 150 valence electrons. The number of hydrogen-bond acceptors (Lipinski definition) is 5. The topological polar surface area (TPSA) is 56.8 Å². The van der Waals surface area contributed by atoms with Crippen LogP contribution < -0.4 is 9.57 Å². The second-order valence-corrected chi connectivity index (χ2v) is 7.25. The predicted octanol–water partition coefficient (Wildman–Crippen LogP) is 4.49. The summed E-state index contributed by atoms with van der Waals surface area (Å²) in [5.41, 5.74) is 2.06. The van der Waals surface area contributed by atoms with Gasteiger partial charge in [0.2, 0.25) is 0 Å². The molecule has 5 nitrogen and oxygen atoms in total. The van der Waals surface area contributed by atoms with Gasteiger partial charge in [-0.1, -0.05) is 31.2 Å². The minimum Gasteiger partial charge on any atom is -0.484 e. The fraction of sp³-hybridized carbons (Fsp3) is 0.571. The van der Waals surface area contributed by atoms with Gasteiger partial charge in [0.1, 0.15) is 17.9 Å². The fourth-order valence-electron chi connectivity index (χ4n) is 3.13. The van der Waals surface area contributed by atoms with E-state index < -0.39 is 18.2 Å². The molecule has 0 radical (unpaired) electrons. The lowest BCUT2D eigenvalue weighted by Gasteiger charge is -2.31. The molecule has 0 aromatic heterocycles. The quantitative estimate of drug-likeness (QED) is 0.544. The molecular weight excluding hydrogens is 366 g/mol. The van der Waals surface area contributed by atoms with Gasteiger partial charge in [-0.3, -0.25) is 4.79 Å². The van der Waals surface area contributed by atoms with Gasteiger partial charge in [0.25, 0.3) is 0 Å². The molecule has 0 aliphatic carbocycles. The first kappa shape index (κ1) is 21.7. The number of hydrogen-bond donors (Lipinski definition) is 1. The van der Waals surface area contributed by atoms with Crippen LogP contribution in [0.25, 0.3) is 5.57 Å². The van der Waals surface area contributed by atoms with Crippen LogP contribution in [0.5, 0.6) is 5.75 Å². The summed E-state index contributed by atoms with van der Waals surface area (Å²) in [5, 5.41) is 0. The Hall–Kier alpha value is -1.56. The van der Waals surface area contributed by atoms with Crippen molar-refractivity contribution >= 4 is 23.3 Å². The van der Waals surface area contributed by atoms with Crippen molar-refractivity contribution in [2.45, 2.75) is 70.8 Å². The van der Waals surface area contributed by atoms with Gasteiger partial charge in [0.05, 0.1) is 6.10 Å². The number of cyclic esters (lactones) is 1. The zero-order valence-corrected chi connectivity index (χ0v) is 17.1. The zero-order valence-electron chi connectivity index (χ0n) is 16.4. The van der Waals surface area contributed by atoms with Gasteiger partial charge in [-0.15, -0.1) is 0 Å². The first-order valence-electron chi connectivity index (χ1n) is 9.57. The first-order valence-corrected chi connectivity index (χ1v) is 9.94. The van der Waals surface area contributed by atoms with Crippen LogP contribution >= 0.6 is 11.8 Å². The molecule has 27 heavy (non-hydrogen) atoms. The van der Waals surface area contributed by atoms with Crippen molar-refractivity contribution in [3.05, 3.63) is 36.4 Å². The van der Waals surface area contributed by atoms with Crippen molar-refractivity contribution in [1.29, 1.82) is 0 Å². The number of esters is 1. The van der Waals surface area contributed by atoms with Crippen LogP contribution in [0.3, 0.4) is 0 Å². The second kappa shape index (κ2) is 10.7. The van der Waals surface area contributed by atoms with Crippen LogP contribution in [0.4, 0.5) is 0 Å². The molecule has 1 aliphatic rings. The van der Waals surface area contributed by atoms with Crippen LogP contribution in [-0.4, -0.2) is 36.9 Å². The van der Waals surface area contributed by atoms with E-state index in [1.165, 1.54) is 0 Å². The van der Waals surface area contributed by atoms with E-state index in [1.807, 2.05) is 38.1 Å². The predicted molar refractivity (Wildman–Crippen MR) is 108 cm³/mol. The lowest BCUT2D eigenvalue weighted by molar-refractivity contribution is -0.159. The summed E-state index contributed by atoms with van der Waals surface area (Å²) < 4.78 is 17.9. The number of carbonyl (C=O) groups excluding carboxylic acids is 1. The van der Waals surface area contributed by atoms with E-state index in [4.69, 9.17) is 26.0 Å². The molecule has 1 fully saturated rings. The number of ether oxygens (including phenoxy) is 3. The molecule has 0 saturated carbocycles. The highest BCUT2D eigenvalue weighted by Crippen LogP contribution is 2.25. The monoisotopic (exact) mass is 395 g/mol. The highest BCUT2D eigenvalue weighted by molar-refractivity contribution is 6.14. The summed E-state index contributed by atoms with van der Waals surface area (Å²) in [5.74, 6) is 0.351. The molecule has 1 saturated heterocycles. The number of benzene rings is 1. The van der Waals surface area contributed by atoms with E-state index in [0.29, 0.717) is 18.8 Å². The van der Waals surface area contributed by atoms with E-state index in [1.54, 1.807) is 0 Å². The molecule has 0 amide bonds. The summed E-state index contributed by atoms with van der Waals surface area (Å²) in [7, 11) is 0.